The number of aryl methyl sites for hydroxylation is 1. The lowest BCUT2D eigenvalue weighted by Crippen LogP contribution is -2.41. The standard InChI is InChI=1S/C13H19BrFN3/c1-3-10-12(15)13(17-8-16-10)18(2)11-7-5-4-6-9(11)14/h8-9,11H,3-7H2,1-2H3. The molecule has 1 aromatic rings. The maximum atomic E-state index is 14.2. The first-order valence-corrected chi connectivity index (χ1v) is 7.43. The second kappa shape index (κ2) is 5.95. The van der Waals surface area contributed by atoms with Crippen molar-refractivity contribution in [3.8, 4) is 0 Å². The predicted octanol–water partition coefficient (Wildman–Crippen LogP) is 3.32. The fourth-order valence-corrected chi connectivity index (χ4v) is 3.49. The van der Waals surface area contributed by atoms with Gasteiger partial charge in [-0.15, -0.1) is 0 Å². The van der Waals surface area contributed by atoms with Crippen LogP contribution >= 0.6 is 15.9 Å². The van der Waals surface area contributed by atoms with Crippen LogP contribution < -0.4 is 4.90 Å². The van der Waals surface area contributed by atoms with E-state index in [0.717, 1.165) is 12.8 Å². The van der Waals surface area contributed by atoms with E-state index >= 15 is 0 Å². The van der Waals surface area contributed by atoms with E-state index in [1.165, 1.54) is 19.2 Å². The van der Waals surface area contributed by atoms with Crippen molar-refractivity contribution in [1.82, 2.24) is 9.97 Å². The minimum Gasteiger partial charge on any atom is -0.353 e. The van der Waals surface area contributed by atoms with Crippen molar-refractivity contribution < 1.29 is 4.39 Å². The molecule has 0 bridgehead atoms. The second-order valence-electron chi connectivity index (χ2n) is 4.79. The van der Waals surface area contributed by atoms with Crippen molar-refractivity contribution >= 4 is 21.7 Å². The highest BCUT2D eigenvalue weighted by atomic mass is 79.9. The summed E-state index contributed by atoms with van der Waals surface area (Å²) >= 11 is 3.71. The van der Waals surface area contributed by atoms with Gasteiger partial charge in [-0.1, -0.05) is 35.7 Å². The van der Waals surface area contributed by atoms with Gasteiger partial charge in [-0.25, -0.2) is 14.4 Å². The monoisotopic (exact) mass is 315 g/mol. The first kappa shape index (κ1) is 13.7. The Balaban J connectivity index is 2.24. The highest BCUT2D eigenvalue weighted by Gasteiger charge is 2.29. The molecule has 0 spiro atoms. The largest absolute Gasteiger partial charge is 0.353 e. The summed E-state index contributed by atoms with van der Waals surface area (Å²) in [5, 5.41) is 0. The van der Waals surface area contributed by atoms with E-state index in [2.05, 4.69) is 25.9 Å². The smallest absolute Gasteiger partial charge is 0.187 e. The molecule has 3 nitrogen and oxygen atoms in total. The highest BCUT2D eigenvalue weighted by Crippen LogP contribution is 2.31. The van der Waals surface area contributed by atoms with Crippen LogP contribution in [0.5, 0.6) is 0 Å². The number of alkyl halides is 1. The normalized spacial score (nSPS) is 24.0. The minimum absolute atomic E-state index is 0.271. The number of rotatable bonds is 3. The van der Waals surface area contributed by atoms with Crippen LogP contribution in [-0.4, -0.2) is 27.9 Å². The van der Waals surface area contributed by atoms with Crippen molar-refractivity contribution in [2.24, 2.45) is 0 Å². The zero-order valence-corrected chi connectivity index (χ0v) is 12.5. The van der Waals surface area contributed by atoms with Gasteiger partial charge in [-0.05, 0) is 19.3 Å². The Bertz CT molecular complexity index is 413. The summed E-state index contributed by atoms with van der Waals surface area (Å²) in [6, 6.07) is 0.313. The van der Waals surface area contributed by atoms with Crippen molar-refractivity contribution in [3.63, 3.8) is 0 Å². The Morgan fingerprint density at radius 3 is 2.78 bits per heavy atom. The Morgan fingerprint density at radius 1 is 1.39 bits per heavy atom. The molecule has 1 fully saturated rings. The molecular weight excluding hydrogens is 297 g/mol. The lowest BCUT2D eigenvalue weighted by Gasteiger charge is -2.36. The maximum absolute atomic E-state index is 14.2. The lowest BCUT2D eigenvalue weighted by atomic mass is 9.94. The molecule has 0 radical (unpaired) electrons. The molecular formula is C13H19BrFN3. The number of hydrogen-bond acceptors (Lipinski definition) is 3. The zero-order valence-electron chi connectivity index (χ0n) is 10.9. The molecule has 1 aromatic heterocycles. The van der Waals surface area contributed by atoms with Crippen molar-refractivity contribution in [1.29, 1.82) is 0 Å². The molecule has 1 heterocycles. The van der Waals surface area contributed by atoms with E-state index < -0.39 is 0 Å². The summed E-state index contributed by atoms with van der Waals surface area (Å²) in [7, 11) is 1.93. The van der Waals surface area contributed by atoms with E-state index in [9.17, 15) is 4.39 Å². The average molecular weight is 316 g/mol. The first-order valence-electron chi connectivity index (χ1n) is 6.51. The molecule has 0 amide bonds. The summed E-state index contributed by atoms with van der Waals surface area (Å²) < 4.78 is 14.2. The molecule has 100 valence electrons. The Labute approximate surface area is 116 Å². The third kappa shape index (κ3) is 2.66. The molecule has 5 heteroatoms. The summed E-state index contributed by atoms with van der Waals surface area (Å²) in [6.45, 7) is 1.91. The van der Waals surface area contributed by atoms with Gasteiger partial charge in [-0.3, -0.25) is 0 Å². The van der Waals surface area contributed by atoms with Crippen LogP contribution in [0.15, 0.2) is 6.33 Å². The van der Waals surface area contributed by atoms with E-state index in [1.807, 2.05) is 18.9 Å². The lowest BCUT2D eigenvalue weighted by molar-refractivity contribution is 0.436. The van der Waals surface area contributed by atoms with Gasteiger partial charge in [0.1, 0.15) is 6.33 Å². The quantitative estimate of drug-likeness (QED) is 0.801. The number of anilines is 1. The van der Waals surface area contributed by atoms with Gasteiger partial charge < -0.3 is 4.90 Å². The third-order valence-corrected chi connectivity index (χ3v) is 4.73. The SMILES string of the molecule is CCc1ncnc(N(C)C2CCCCC2Br)c1F. The Morgan fingerprint density at radius 2 is 2.11 bits per heavy atom. The van der Waals surface area contributed by atoms with Crippen LogP contribution in [0.4, 0.5) is 10.2 Å². The van der Waals surface area contributed by atoms with E-state index in [-0.39, 0.29) is 5.82 Å². The molecule has 18 heavy (non-hydrogen) atoms. The molecule has 0 saturated heterocycles. The van der Waals surface area contributed by atoms with Gasteiger partial charge in [0.15, 0.2) is 11.6 Å². The first-order chi connectivity index (χ1) is 8.65. The van der Waals surface area contributed by atoms with Crippen molar-refractivity contribution in [2.45, 2.75) is 49.9 Å². The van der Waals surface area contributed by atoms with Crippen LogP contribution in [0.2, 0.25) is 0 Å². The fourth-order valence-electron chi connectivity index (χ4n) is 2.55. The third-order valence-electron chi connectivity index (χ3n) is 3.66. The summed E-state index contributed by atoms with van der Waals surface area (Å²) in [4.78, 5) is 10.5. The van der Waals surface area contributed by atoms with Gasteiger partial charge in [0.25, 0.3) is 0 Å². The van der Waals surface area contributed by atoms with E-state index in [1.54, 1.807) is 0 Å². The second-order valence-corrected chi connectivity index (χ2v) is 5.97. The van der Waals surface area contributed by atoms with Crippen molar-refractivity contribution in [2.75, 3.05) is 11.9 Å². The number of aromatic nitrogens is 2. The average Bonchev–Trinajstić information content (AvgIpc) is 2.39. The topological polar surface area (TPSA) is 29.0 Å². The van der Waals surface area contributed by atoms with Gasteiger partial charge in [0, 0.05) is 17.9 Å². The highest BCUT2D eigenvalue weighted by molar-refractivity contribution is 9.09. The molecule has 0 aromatic carbocycles. The zero-order chi connectivity index (χ0) is 13.1. The van der Waals surface area contributed by atoms with Crippen molar-refractivity contribution in [3.05, 3.63) is 17.8 Å². The van der Waals surface area contributed by atoms with Gasteiger partial charge in [0.05, 0.1) is 5.69 Å². The maximum Gasteiger partial charge on any atom is 0.187 e. The molecule has 1 saturated carbocycles. The molecule has 1 aliphatic rings. The Kier molecular flexibility index (Phi) is 4.54. The van der Waals surface area contributed by atoms with Crippen LogP contribution in [-0.2, 0) is 6.42 Å². The number of hydrogen-bond donors (Lipinski definition) is 0. The molecule has 2 rings (SSSR count). The fraction of sp³-hybridized carbons (Fsp3) is 0.692. The molecule has 2 atom stereocenters. The van der Waals surface area contributed by atoms with Gasteiger partial charge in [-0.2, -0.15) is 0 Å². The van der Waals surface area contributed by atoms with Crippen LogP contribution in [0.25, 0.3) is 0 Å². The summed E-state index contributed by atoms with van der Waals surface area (Å²) in [5.74, 6) is 0.158. The van der Waals surface area contributed by atoms with Gasteiger partial charge >= 0.3 is 0 Å². The van der Waals surface area contributed by atoms with E-state index in [0.29, 0.717) is 28.8 Å². The Hall–Kier alpha value is -0.710. The van der Waals surface area contributed by atoms with Crippen LogP contribution in [0.3, 0.4) is 0 Å². The predicted molar refractivity (Wildman–Crippen MR) is 74.7 cm³/mol. The molecule has 2 unspecified atom stereocenters. The molecule has 0 aliphatic heterocycles. The minimum atomic E-state index is -0.271. The molecule has 0 N–H and O–H groups in total. The van der Waals surface area contributed by atoms with Gasteiger partial charge in [0.2, 0.25) is 0 Å². The summed E-state index contributed by atoms with van der Waals surface area (Å²) in [6.07, 6.45) is 6.72. The van der Waals surface area contributed by atoms with Crippen LogP contribution in [0.1, 0.15) is 38.3 Å². The van der Waals surface area contributed by atoms with E-state index in [4.69, 9.17) is 0 Å². The number of halogens is 2. The molecule has 1 aliphatic carbocycles. The summed E-state index contributed by atoms with van der Waals surface area (Å²) in [5.41, 5.74) is 0.494. The van der Waals surface area contributed by atoms with Crippen LogP contribution in [0, 0.1) is 5.82 Å². The number of nitrogens with zero attached hydrogens (tertiary/aromatic N) is 3.